The second kappa shape index (κ2) is 12.1. The summed E-state index contributed by atoms with van der Waals surface area (Å²) in [6, 6.07) is 5.19. The first-order chi connectivity index (χ1) is 14.9. The molecule has 3 heterocycles. The van der Waals surface area contributed by atoms with Crippen molar-refractivity contribution in [1.29, 1.82) is 0 Å². The van der Waals surface area contributed by atoms with Crippen molar-refractivity contribution in [3.63, 3.8) is 0 Å². The number of halogens is 1. The van der Waals surface area contributed by atoms with E-state index in [2.05, 4.69) is 25.8 Å². The number of aromatic nitrogens is 2. The molecule has 1 aliphatic heterocycles. The number of aryl methyl sites for hydroxylation is 1. The number of carbonyl (C=O) groups is 1. The van der Waals surface area contributed by atoms with Crippen molar-refractivity contribution in [1.82, 2.24) is 24.7 Å². The lowest BCUT2D eigenvalue weighted by molar-refractivity contribution is -0.116. The maximum atomic E-state index is 12.5. The van der Waals surface area contributed by atoms with Gasteiger partial charge in [0.05, 0.1) is 5.69 Å². The van der Waals surface area contributed by atoms with E-state index in [-0.39, 0.29) is 42.1 Å². The Hall–Kier alpha value is -2.26. The minimum Gasteiger partial charge on any atom is -0.364 e. The molecule has 0 saturated carbocycles. The predicted molar refractivity (Wildman–Crippen MR) is 131 cm³/mol. The number of nitrogens with one attached hydrogen (secondary N) is 2. The number of aliphatic imine (C=N–C) groups is 1. The van der Waals surface area contributed by atoms with Crippen LogP contribution in [-0.4, -0.2) is 79.4 Å². The van der Waals surface area contributed by atoms with E-state index in [4.69, 9.17) is 4.52 Å². The van der Waals surface area contributed by atoms with Gasteiger partial charge in [0.1, 0.15) is 17.8 Å². The third kappa shape index (κ3) is 7.41. The molecule has 13 heteroatoms. The quantitative estimate of drug-likeness (QED) is 0.284. The van der Waals surface area contributed by atoms with Gasteiger partial charge < -0.3 is 20.1 Å². The van der Waals surface area contributed by atoms with Crippen LogP contribution < -0.4 is 10.6 Å². The highest BCUT2D eigenvalue weighted by Crippen LogP contribution is 2.13. The van der Waals surface area contributed by atoms with Crippen LogP contribution in [0.1, 0.15) is 17.7 Å². The Bertz CT molecular complexity index is 989. The number of pyridine rings is 1. The molecule has 2 N–H and O–H groups in total. The molecule has 3 rings (SSSR count). The second-order valence-corrected chi connectivity index (χ2v) is 9.09. The molecular weight excluding hydrogens is 549 g/mol. The van der Waals surface area contributed by atoms with Crippen molar-refractivity contribution in [2.45, 2.75) is 19.1 Å². The topological polar surface area (TPSA) is 133 Å². The van der Waals surface area contributed by atoms with Crippen LogP contribution in [0.5, 0.6) is 0 Å². The molecule has 1 saturated heterocycles. The third-order valence-electron chi connectivity index (χ3n) is 4.78. The fourth-order valence-corrected chi connectivity index (χ4v) is 4.56. The minimum atomic E-state index is -3.46. The van der Waals surface area contributed by atoms with E-state index in [1.165, 1.54) is 10.6 Å². The van der Waals surface area contributed by atoms with Crippen molar-refractivity contribution in [2.24, 2.45) is 4.99 Å². The number of anilines is 1. The van der Waals surface area contributed by atoms with E-state index < -0.39 is 10.0 Å². The molecule has 0 radical (unpaired) electrons. The molecule has 1 aliphatic rings. The van der Waals surface area contributed by atoms with Crippen molar-refractivity contribution in [3.05, 3.63) is 41.9 Å². The van der Waals surface area contributed by atoms with Crippen molar-refractivity contribution >= 4 is 51.7 Å². The maximum absolute atomic E-state index is 12.5. The molecular formula is C19H28IN7O4S. The zero-order valence-corrected chi connectivity index (χ0v) is 21.2. The largest absolute Gasteiger partial charge is 0.364 e. The maximum Gasteiger partial charge on any atom is 0.227 e. The van der Waals surface area contributed by atoms with Gasteiger partial charge in [0.25, 0.3) is 0 Å². The van der Waals surface area contributed by atoms with Crippen molar-refractivity contribution in [3.8, 4) is 0 Å². The summed E-state index contributed by atoms with van der Waals surface area (Å²) in [5, 5.41) is 9.59. The number of hydrogen-bond acceptors (Lipinski definition) is 7. The molecule has 0 spiro atoms. The number of hydrogen-bond donors (Lipinski definition) is 2. The lowest BCUT2D eigenvalue weighted by Gasteiger charge is -2.35. The summed E-state index contributed by atoms with van der Waals surface area (Å²) in [7, 11) is -1.80. The molecule has 1 fully saturated rings. The van der Waals surface area contributed by atoms with Gasteiger partial charge in [-0.1, -0.05) is 11.2 Å². The number of carbonyl (C=O) groups excluding carboxylic acids is 1. The van der Waals surface area contributed by atoms with E-state index in [0.29, 0.717) is 50.2 Å². The Labute approximate surface area is 204 Å². The van der Waals surface area contributed by atoms with Crippen molar-refractivity contribution in [2.75, 3.05) is 45.1 Å². The van der Waals surface area contributed by atoms with Gasteiger partial charge in [0, 0.05) is 58.5 Å². The van der Waals surface area contributed by atoms with Crippen LogP contribution in [0.15, 0.2) is 40.2 Å². The summed E-state index contributed by atoms with van der Waals surface area (Å²) in [5.41, 5.74) is 1.41. The molecule has 32 heavy (non-hydrogen) atoms. The summed E-state index contributed by atoms with van der Waals surface area (Å²) < 4.78 is 31.2. The minimum absolute atomic E-state index is 0. The first kappa shape index (κ1) is 26.0. The van der Waals surface area contributed by atoms with E-state index in [9.17, 15) is 13.2 Å². The van der Waals surface area contributed by atoms with E-state index in [1.807, 2.05) is 17.9 Å². The van der Waals surface area contributed by atoms with Crippen LogP contribution in [-0.2, 0) is 20.6 Å². The molecule has 0 atom stereocenters. The standard InChI is InChI=1S/C19H27N7O4S.HI/c1-15-3-4-17(22-13-15)23-18(27)5-7-21-19(20-2)25-8-10-26(11-9-25)31(28,29)14-16-6-12-30-24-16;/h3-4,6,12-13H,5,7-11,14H2,1-2H3,(H,20,21)(H,22,23,27);1H. The van der Waals surface area contributed by atoms with Crippen LogP contribution >= 0.6 is 24.0 Å². The fraction of sp³-hybridized carbons (Fsp3) is 0.474. The van der Waals surface area contributed by atoms with Gasteiger partial charge in [0.2, 0.25) is 15.9 Å². The number of amides is 1. The van der Waals surface area contributed by atoms with Gasteiger partial charge in [0.15, 0.2) is 5.96 Å². The Balaban J connectivity index is 0.00000363. The normalized spacial score (nSPS) is 15.2. The zero-order chi connectivity index (χ0) is 22.3. The molecule has 11 nitrogen and oxygen atoms in total. The van der Waals surface area contributed by atoms with Gasteiger partial charge in [-0.2, -0.15) is 4.31 Å². The van der Waals surface area contributed by atoms with Crippen LogP contribution in [0, 0.1) is 6.92 Å². The summed E-state index contributed by atoms with van der Waals surface area (Å²) >= 11 is 0. The molecule has 2 aromatic heterocycles. The number of nitrogens with zero attached hydrogens (tertiary/aromatic N) is 5. The highest BCUT2D eigenvalue weighted by atomic mass is 127. The number of guanidine groups is 1. The summed E-state index contributed by atoms with van der Waals surface area (Å²) in [5.74, 6) is 0.822. The Morgan fingerprint density at radius 3 is 2.56 bits per heavy atom. The van der Waals surface area contributed by atoms with E-state index in [1.54, 1.807) is 25.4 Å². The highest BCUT2D eigenvalue weighted by molar-refractivity contribution is 14.0. The second-order valence-electron chi connectivity index (χ2n) is 7.13. The monoisotopic (exact) mass is 577 g/mol. The molecule has 2 aromatic rings. The van der Waals surface area contributed by atoms with E-state index >= 15 is 0 Å². The molecule has 0 bridgehead atoms. The molecule has 0 aromatic carbocycles. The number of sulfonamides is 1. The Morgan fingerprint density at radius 2 is 1.97 bits per heavy atom. The average Bonchev–Trinajstić information content (AvgIpc) is 3.25. The summed E-state index contributed by atoms with van der Waals surface area (Å²) in [6.07, 6.45) is 3.30. The lowest BCUT2D eigenvalue weighted by atomic mass is 10.3. The van der Waals surface area contributed by atoms with Crippen LogP contribution in [0.3, 0.4) is 0 Å². The Kier molecular flexibility index (Phi) is 9.84. The molecule has 0 aliphatic carbocycles. The first-order valence-corrected chi connectivity index (χ1v) is 11.5. The number of rotatable bonds is 7. The van der Waals surface area contributed by atoms with Gasteiger partial charge in [-0.05, 0) is 18.6 Å². The third-order valence-corrected chi connectivity index (χ3v) is 6.59. The van der Waals surface area contributed by atoms with Crippen LogP contribution in [0.2, 0.25) is 0 Å². The van der Waals surface area contributed by atoms with Gasteiger partial charge in [-0.25, -0.2) is 13.4 Å². The SMILES string of the molecule is CN=C(NCCC(=O)Nc1ccc(C)cn1)N1CCN(S(=O)(=O)Cc2ccon2)CC1.I. The number of piperazine rings is 1. The molecule has 0 unspecified atom stereocenters. The first-order valence-electron chi connectivity index (χ1n) is 9.92. The van der Waals surface area contributed by atoms with Gasteiger partial charge >= 0.3 is 0 Å². The van der Waals surface area contributed by atoms with Crippen LogP contribution in [0.4, 0.5) is 5.82 Å². The van der Waals surface area contributed by atoms with Crippen LogP contribution in [0.25, 0.3) is 0 Å². The Morgan fingerprint density at radius 1 is 1.22 bits per heavy atom. The highest BCUT2D eigenvalue weighted by Gasteiger charge is 2.29. The predicted octanol–water partition coefficient (Wildman–Crippen LogP) is 1.05. The summed E-state index contributed by atoms with van der Waals surface area (Å²) in [4.78, 5) is 22.5. The van der Waals surface area contributed by atoms with Crippen molar-refractivity contribution < 1.29 is 17.7 Å². The summed E-state index contributed by atoms with van der Waals surface area (Å²) in [6.45, 7) is 4.02. The molecule has 1 amide bonds. The van der Waals surface area contributed by atoms with Gasteiger partial charge in [-0.3, -0.25) is 9.79 Å². The van der Waals surface area contributed by atoms with Gasteiger partial charge in [-0.15, -0.1) is 24.0 Å². The fourth-order valence-electron chi connectivity index (χ4n) is 3.14. The van der Waals surface area contributed by atoms with E-state index in [0.717, 1.165) is 5.56 Å². The smallest absolute Gasteiger partial charge is 0.227 e. The lowest BCUT2D eigenvalue weighted by Crippen LogP contribution is -2.54. The molecule has 176 valence electrons. The zero-order valence-electron chi connectivity index (χ0n) is 18.0. The average molecular weight is 577 g/mol.